The fourth-order valence-corrected chi connectivity index (χ4v) is 2.44. The summed E-state index contributed by atoms with van der Waals surface area (Å²) < 4.78 is 1.81. The topological polar surface area (TPSA) is 79.5 Å². The molecule has 5 heteroatoms. The molecule has 106 valence electrons. The molecule has 0 radical (unpaired) electrons. The quantitative estimate of drug-likeness (QED) is 0.820. The number of benzene rings is 1. The van der Waals surface area contributed by atoms with Gasteiger partial charge < -0.3 is 14.8 Å². The molecule has 0 saturated carbocycles. The van der Waals surface area contributed by atoms with E-state index in [0.717, 1.165) is 11.1 Å². The Morgan fingerprint density at radius 1 is 1.40 bits per heavy atom. The minimum atomic E-state index is -1.01. The lowest BCUT2D eigenvalue weighted by atomic mass is 9.96. The molecule has 0 aliphatic heterocycles. The van der Waals surface area contributed by atoms with Gasteiger partial charge in [0.1, 0.15) is 0 Å². The summed E-state index contributed by atoms with van der Waals surface area (Å²) in [6.45, 7) is 4.27. The van der Waals surface area contributed by atoms with Crippen LogP contribution in [0.15, 0.2) is 18.3 Å². The summed E-state index contributed by atoms with van der Waals surface area (Å²) in [5.74, 6) is -0.899. The maximum absolute atomic E-state index is 11.2. The highest BCUT2D eigenvalue weighted by atomic mass is 16.4. The summed E-state index contributed by atoms with van der Waals surface area (Å²) in [6.07, 6.45) is 2.37. The third-order valence-corrected chi connectivity index (χ3v) is 3.37. The van der Waals surface area contributed by atoms with E-state index in [1.807, 2.05) is 13.8 Å². The SMILES string of the molecule is CC(C)c1cc(C(=O)O)cc2c(C=O)cn(CCO)c12. The molecule has 2 aromatic rings. The highest BCUT2D eigenvalue weighted by Gasteiger charge is 2.17. The first-order chi connectivity index (χ1) is 9.49. The average Bonchev–Trinajstić information content (AvgIpc) is 2.76. The van der Waals surface area contributed by atoms with Crippen LogP contribution in [0.5, 0.6) is 0 Å². The van der Waals surface area contributed by atoms with Crippen LogP contribution in [0.25, 0.3) is 10.9 Å². The monoisotopic (exact) mass is 275 g/mol. The van der Waals surface area contributed by atoms with Crippen LogP contribution in [0.2, 0.25) is 0 Å². The van der Waals surface area contributed by atoms with Crippen molar-refractivity contribution in [2.45, 2.75) is 26.3 Å². The van der Waals surface area contributed by atoms with E-state index >= 15 is 0 Å². The second-order valence-electron chi connectivity index (χ2n) is 5.04. The number of carbonyl (C=O) groups is 2. The molecule has 5 nitrogen and oxygen atoms in total. The Morgan fingerprint density at radius 2 is 2.10 bits per heavy atom. The predicted molar refractivity (Wildman–Crippen MR) is 75.5 cm³/mol. The summed E-state index contributed by atoms with van der Waals surface area (Å²) in [5.41, 5.74) is 2.30. The number of aldehydes is 1. The third kappa shape index (κ3) is 2.32. The van der Waals surface area contributed by atoms with Crippen LogP contribution >= 0.6 is 0 Å². The second-order valence-corrected chi connectivity index (χ2v) is 5.04. The molecule has 2 rings (SSSR count). The lowest BCUT2D eigenvalue weighted by Crippen LogP contribution is -2.05. The maximum atomic E-state index is 11.2. The van der Waals surface area contributed by atoms with Gasteiger partial charge in [-0.3, -0.25) is 4.79 Å². The number of carboxylic acid groups (broad SMARTS) is 1. The maximum Gasteiger partial charge on any atom is 0.335 e. The van der Waals surface area contributed by atoms with Crippen molar-refractivity contribution >= 4 is 23.2 Å². The molecule has 0 fully saturated rings. The van der Waals surface area contributed by atoms with E-state index in [0.29, 0.717) is 23.8 Å². The number of fused-ring (bicyclic) bond motifs is 1. The van der Waals surface area contributed by atoms with Gasteiger partial charge in [0.05, 0.1) is 17.7 Å². The molecule has 0 amide bonds. The Bertz CT molecular complexity index is 670. The van der Waals surface area contributed by atoms with Crippen LogP contribution in [-0.2, 0) is 6.54 Å². The van der Waals surface area contributed by atoms with Gasteiger partial charge in [0, 0.05) is 23.7 Å². The molecular weight excluding hydrogens is 258 g/mol. The van der Waals surface area contributed by atoms with Gasteiger partial charge in [-0.2, -0.15) is 0 Å². The highest BCUT2D eigenvalue weighted by molar-refractivity contribution is 6.03. The lowest BCUT2D eigenvalue weighted by molar-refractivity contribution is 0.0696. The Hall–Kier alpha value is -2.14. The predicted octanol–water partition coefficient (Wildman–Crippen LogP) is 2.27. The molecule has 0 aliphatic rings. The summed E-state index contributed by atoms with van der Waals surface area (Å²) in [7, 11) is 0. The number of hydrogen-bond donors (Lipinski definition) is 2. The number of aliphatic hydroxyl groups is 1. The second kappa shape index (κ2) is 5.46. The molecule has 1 aromatic carbocycles. The molecule has 1 heterocycles. The molecule has 20 heavy (non-hydrogen) atoms. The molecule has 1 aromatic heterocycles. The summed E-state index contributed by atoms with van der Waals surface area (Å²) in [4.78, 5) is 22.4. The minimum absolute atomic E-state index is 0.0414. The van der Waals surface area contributed by atoms with Crippen LogP contribution in [0.3, 0.4) is 0 Å². The first-order valence-electron chi connectivity index (χ1n) is 6.45. The number of aromatic nitrogens is 1. The van der Waals surface area contributed by atoms with Crippen molar-refractivity contribution < 1.29 is 19.8 Å². The van der Waals surface area contributed by atoms with Crippen molar-refractivity contribution in [3.63, 3.8) is 0 Å². The molecule has 0 bridgehead atoms. The molecule has 2 N–H and O–H groups in total. The van der Waals surface area contributed by atoms with Crippen LogP contribution in [0.1, 0.15) is 46.0 Å². The third-order valence-electron chi connectivity index (χ3n) is 3.37. The number of nitrogens with zero attached hydrogens (tertiary/aromatic N) is 1. The Balaban J connectivity index is 2.86. The fourth-order valence-electron chi connectivity index (χ4n) is 2.44. The van der Waals surface area contributed by atoms with Gasteiger partial charge in [-0.1, -0.05) is 13.8 Å². The number of carboxylic acids is 1. The van der Waals surface area contributed by atoms with Gasteiger partial charge in [-0.05, 0) is 23.6 Å². The van der Waals surface area contributed by atoms with Crippen LogP contribution in [0, 0.1) is 0 Å². The van der Waals surface area contributed by atoms with Gasteiger partial charge in [0.2, 0.25) is 0 Å². The number of carbonyl (C=O) groups excluding carboxylic acids is 1. The van der Waals surface area contributed by atoms with E-state index in [1.165, 1.54) is 6.07 Å². The van der Waals surface area contributed by atoms with E-state index in [1.54, 1.807) is 16.8 Å². The zero-order chi connectivity index (χ0) is 14.9. The lowest BCUT2D eigenvalue weighted by Gasteiger charge is -2.12. The van der Waals surface area contributed by atoms with Gasteiger partial charge in [0.25, 0.3) is 0 Å². The molecule has 0 aliphatic carbocycles. The zero-order valence-corrected chi connectivity index (χ0v) is 11.5. The van der Waals surface area contributed by atoms with Crippen LogP contribution in [0.4, 0.5) is 0 Å². The normalized spacial score (nSPS) is 11.2. The molecule has 0 saturated heterocycles. The average molecular weight is 275 g/mol. The summed E-state index contributed by atoms with van der Waals surface area (Å²) in [6, 6.07) is 3.15. The van der Waals surface area contributed by atoms with Crippen LogP contribution in [-0.4, -0.2) is 33.6 Å². The van der Waals surface area contributed by atoms with Crippen molar-refractivity contribution in [2.24, 2.45) is 0 Å². The smallest absolute Gasteiger partial charge is 0.335 e. The van der Waals surface area contributed by atoms with Crippen molar-refractivity contribution in [1.82, 2.24) is 4.57 Å². The molecule has 0 spiro atoms. The first-order valence-corrected chi connectivity index (χ1v) is 6.45. The standard InChI is InChI=1S/C15H17NO4/c1-9(2)12-5-10(15(19)20)6-13-11(8-18)7-16(3-4-17)14(12)13/h5-9,17H,3-4H2,1-2H3,(H,19,20). The summed E-state index contributed by atoms with van der Waals surface area (Å²) in [5, 5.41) is 18.9. The van der Waals surface area contributed by atoms with Gasteiger partial charge >= 0.3 is 5.97 Å². The highest BCUT2D eigenvalue weighted by Crippen LogP contribution is 2.30. The fraction of sp³-hybridized carbons (Fsp3) is 0.333. The number of aromatic carboxylic acids is 1. The number of hydrogen-bond acceptors (Lipinski definition) is 3. The zero-order valence-electron chi connectivity index (χ0n) is 11.5. The van der Waals surface area contributed by atoms with Crippen molar-refractivity contribution in [2.75, 3.05) is 6.61 Å². The minimum Gasteiger partial charge on any atom is -0.478 e. The molecule has 0 atom stereocenters. The largest absolute Gasteiger partial charge is 0.478 e. The van der Waals surface area contributed by atoms with E-state index in [2.05, 4.69) is 0 Å². The van der Waals surface area contributed by atoms with E-state index in [4.69, 9.17) is 5.11 Å². The van der Waals surface area contributed by atoms with Gasteiger partial charge in [0.15, 0.2) is 6.29 Å². The van der Waals surface area contributed by atoms with Gasteiger partial charge in [-0.15, -0.1) is 0 Å². The van der Waals surface area contributed by atoms with Crippen LogP contribution < -0.4 is 0 Å². The summed E-state index contributed by atoms with van der Waals surface area (Å²) >= 11 is 0. The van der Waals surface area contributed by atoms with Crippen molar-refractivity contribution in [3.8, 4) is 0 Å². The number of aliphatic hydroxyl groups excluding tert-OH is 1. The number of rotatable bonds is 5. The van der Waals surface area contributed by atoms with E-state index in [-0.39, 0.29) is 18.1 Å². The Morgan fingerprint density at radius 3 is 2.60 bits per heavy atom. The van der Waals surface area contributed by atoms with Gasteiger partial charge in [-0.25, -0.2) is 4.79 Å². The van der Waals surface area contributed by atoms with Crippen molar-refractivity contribution in [1.29, 1.82) is 0 Å². The van der Waals surface area contributed by atoms with Crippen molar-refractivity contribution in [3.05, 3.63) is 35.0 Å². The van der Waals surface area contributed by atoms with E-state index in [9.17, 15) is 14.7 Å². The Kier molecular flexibility index (Phi) is 3.90. The first kappa shape index (κ1) is 14.3. The molecule has 0 unspecified atom stereocenters. The van der Waals surface area contributed by atoms with E-state index < -0.39 is 5.97 Å². The Labute approximate surface area is 116 Å². The molecular formula is C15H17NO4.